The van der Waals surface area contributed by atoms with Crippen LogP contribution in [0.1, 0.15) is 10.4 Å². The lowest BCUT2D eigenvalue weighted by atomic mass is 10.1. The maximum atomic E-state index is 12.0. The number of anilines is 1. The van der Waals surface area contributed by atoms with E-state index in [1.165, 1.54) is 7.05 Å². The molecule has 1 aromatic carbocycles. The molecule has 1 aromatic rings. The van der Waals surface area contributed by atoms with Crippen molar-refractivity contribution in [2.24, 2.45) is 0 Å². The van der Waals surface area contributed by atoms with Gasteiger partial charge in [-0.05, 0) is 12.1 Å². The van der Waals surface area contributed by atoms with Crippen LogP contribution in [0.25, 0.3) is 0 Å². The number of hydrogen-bond donors (Lipinski definition) is 1. The molecule has 16 heavy (non-hydrogen) atoms. The number of hydrogen-bond acceptors (Lipinski definition) is 5. The number of amides is 1. The van der Waals surface area contributed by atoms with Gasteiger partial charge in [-0.1, -0.05) is 12.1 Å². The quantitative estimate of drug-likeness (QED) is 0.682. The number of para-hydroxylation sites is 1. The summed E-state index contributed by atoms with van der Waals surface area (Å²) >= 11 is 0. The summed E-state index contributed by atoms with van der Waals surface area (Å²) in [5.41, 5.74) is 0.733. The van der Waals surface area contributed by atoms with Crippen molar-refractivity contribution in [3.8, 4) is 0 Å². The first-order chi connectivity index (χ1) is 7.56. The maximum absolute atomic E-state index is 12.0. The Labute approximate surface area is 90.6 Å². The third kappa shape index (κ3) is 0.772. The SMILES string of the molecule is CN1C(=O)ON2c3ccccc3C(=O)[C@@]12O. The molecule has 2 heterocycles. The fraction of sp³-hybridized carbons (Fsp3) is 0.200. The van der Waals surface area contributed by atoms with Gasteiger partial charge in [-0.2, -0.15) is 0 Å². The first-order valence-corrected chi connectivity index (χ1v) is 4.69. The van der Waals surface area contributed by atoms with Crippen LogP contribution in [0.4, 0.5) is 10.5 Å². The number of Topliss-reactive ketones (excluding diaryl/α,β-unsaturated/α-hetero) is 1. The summed E-state index contributed by atoms with van der Waals surface area (Å²) in [6, 6.07) is 6.57. The Morgan fingerprint density at radius 3 is 2.75 bits per heavy atom. The minimum atomic E-state index is -2.04. The maximum Gasteiger partial charge on any atom is 0.438 e. The lowest BCUT2D eigenvalue weighted by Gasteiger charge is -2.25. The van der Waals surface area contributed by atoms with Crippen LogP contribution in [0.3, 0.4) is 0 Å². The Kier molecular flexibility index (Phi) is 1.45. The van der Waals surface area contributed by atoms with Gasteiger partial charge < -0.3 is 9.94 Å². The average molecular weight is 220 g/mol. The van der Waals surface area contributed by atoms with E-state index in [0.717, 1.165) is 9.96 Å². The van der Waals surface area contributed by atoms with Crippen LogP contribution in [0.15, 0.2) is 24.3 Å². The number of nitrogens with zero attached hydrogens (tertiary/aromatic N) is 2. The van der Waals surface area contributed by atoms with Crippen LogP contribution in [0, 0.1) is 0 Å². The smallest absolute Gasteiger partial charge is 0.345 e. The number of benzene rings is 1. The summed E-state index contributed by atoms with van der Waals surface area (Å²) in [6.45, 7) is 0. The lowest BCUT2D eigenvalue weighted by Crippen LogP contribution is -2.54. The van der Waals surface area contributed by atoms with E-state index in [4.69, 9.17) is 4.84 Å². The number of carbonyl (C=O) groups excluding carboxylic acids is 2. The standard InChI is InChI=1S/C10H8N2O4/c1-11-9(14)16-12-7-5-3-2-4-6(7)8(13)10(11,12)15/h2-5,15H,1H3/t10-/m1/s1. The molecule has 1 saturated heterocycles. The van der Waals surface area contributed by atoms with Crippen molar-refractivity contribution >= 4 is 17.6 Å². The number of rotatable bonds is 0. The van der Waals surface area contributed by atoms with Gasteiger partial charge in [0.25, 0.3) is 0 Å². The number of aliphatic hydroxyl groups is 1. The van der Waals surface area contributed by atoms with Gasteiger partial charge in [0.2, 0.25) is 5.78 Å². The molecule has 6 nitrogen and oxygen atoms in total. The largest absolute Gasteiger partial charge is 0.438 e. The van der Waals surface area contributed by atoms with Crippen LogP contribution in [0.5, 0.6) is 0 Å². The van der Waals surface area contributed by atoms with Crippen molar-refractivity contribution in [1.82, 2.24) is 4.90 Å². The van der Waals surface area contributed by atoms with Crippen molar-refractivity contribution < 1.29 is 19.5 Å². The van der Waals surface area contributed by atoms with Gasteiger partial charge in [-0.3, -0.25) is 9.69 Å². The Morgan fingerprint density at radius 1 is 1.31 bits per heavy atom. The lowest BCUT2D eigenvalue weighted by molar-refractivity contribution is -0.0330. The van der Waals surface area contributed by atoms with E-state index in [9.17, 15) is 14.7 Å². The number of hydroxylamine groups is 1. The van der Waals surface area contributed by atoms with Crippen LogP contribution in [-0.4, -0.2) is 34.8 Å². The van der Waals surface area contributed by atoms with Crippen molar-refractivity contribution in [2.45, 2.75) is 5.85 Å². The van der Waals surface area contributed by atoms with Crippen LogP contribution in [0.2, 0.25) is 0 Å². The summed E-state index contributed by atoms with van der Waals surface area (Å²) in [7, 11) is 1.31. The molecular formula is C10H8N2O4. The molecule has 0 aromatic heterocycles. The highest BCUT2D eigenvalue weighted by Gasteiger charge is 2.62. The summed E-state index contributed by atoms with van der Waals surface area (Å²) in [4.78, 5) is 29.0. The molecule has 3 rings (SSSR count). The molecule has 0 aliphatic carbocycles. The zero-order chi connectivity index (χ0) is 11.5. The van der Waals surface area contributed by atoms with Gasteiger partial charge in [0, 0.05) is 7.05 Å². The predicted molar refractivity (Wildman–Crippen MR) is 52.4 cm³/mol. The van der Waals surface area contributed by atoms with E-state index in [1.54, 1.807) is 24.3 Å². The predicted octanol–water partition coefficient (Wildman–Crippen LogP) is 0.332. The van der Waals surface area contributed by atoms with Gasteiger partial charge in [0.1, 0.15) is 0 Å². The second kappa shape index (κ2) is 2.53. The van der Waals surface area contributed by atoms with E-state index in [-0.39, 0.29) is 0 Å². The Hall–Kier alpha value is -2.08. The third-order valence-corrected chi connectivity index (χ3v) is 2.87. The number of likely N-dealkylation sites (N-methyl/N-ethyl adjacent to an activating group) is 1. The molecule has 1 atom stereocenters. The summed E-state index contributed by atoms with van der Waals surface area (Å²) in [6.07, 6.45) is -0.759. The van der Waals surface area contributed by atoms with E-state index in [1.807, 2.05) is 0 Å². The summed E-state index contributed by atoms with van der Waals surface area (Å²) in [5.74, 6) is -2.60. The van der Waals surface area contributed by atoms with Crippen molar-refractivity contribution in [2.75, 3.05) is 12.1 Å². The molecule has 0 saturated carbocycles. The molecule has 0 radical (unpaired) electrons. The molecule has 0 spiro atoms. The molecular weight excluding hydrogens is 212 g/mol. The highest BCUT2D eigenvalue weighted by Crippen LogP contribution is 2.42. The molecule has 2 aliphatic rings. The van der Waals surface area contributed by atoms with E-state index < -0.39 is 17.7 Å². The second-order valence-corrected chi connectivity index (χ2v) is 3.69. The number of fused-ring (bicyclic) bond motifs is 3. The Morgan fingerprint density at radius 2 is 2.00 bits per heavy atom. The monoisotopic (exact) mass is 220 g/mol. The number of ketones is 1. The normalized spacial score (nSPS) is 26.9. The van der Waals surface area contributed by atoms with E-state index >= 15 is 0 Å². The van der Waals surface area contributed by atoms with Crippen LogP contribution < -0.4 is 5.06 Å². The fourth-order valence-corrected chi connectivity index (χ4v) is 1.95. The van der Waals surface area contributed by atoms with Crippen molar-refractivity contribution in [3.05, 3.63) is 29.8 Å². The first kappa shape index (κ1) is 9.17. The zero-order valence-corrected chi connectivity index (χ0v) is 8.38. The third-order valence-electron chi connectivity index (χ3n) is 2.87. The molecule has 82 valence electrons. The highest BCUT2D eigenvalue weighted by molar-refractivity contribution is 6.14. The minimum absolute atomic E-state index is 0.337. The average Bonchev–Trinajstić information content (AvgIpc) is 2.65. The Bertz CT molecular complexity index is 515. The summed E-state index contributed by atoms with van der Waals surface area (Å²) < 4.78 is 0. The van der Waals surface area contributed by atoms with E-state index in [0.29, 0.717) is 11.3 Å². The molecule has 1 amide bonds. The molecule has 0 unspecified atom stereocenters. The Balaban J connectivity index is 2.24. The molecule has 1 fully saturated rings. The zero-order valence-electron chi connectivity index (χ0n) is 8.38. The van der Waals surface area contributed by atoms with Gasteiger partial charge in [0.05, 0.1) is 11.3 Å². The molecule has 1 N–H and O–H groups in total. The first-order valence-electron chi connectivity index (χ1n) is 4.69. The van der Waals surface area contributed by atoms with Gasteiger partial charge in [-0.15, -0.1) is 5.06 Å². The van der Waals surface area contributed by atoms with Gasteiger partial charge in [0.15, 0.2) is 0 Å². The minimum Gasteiger partial charge on any atom is -0.345 e. The number of carbonyl (C=O) groups is 2. The highest BCUT2D eigenvalue weighted by atomic mass is 16.8. The molecule has 0 bridgehead atoms. The fourth-order valence-electron chi connectivity index (χ4n) is 1.95. The summed E-state index contributed by atoms with van der Waals surface area (Å²) in [5, 5.41) is 11.2. The van der Waals surface area contributed by atoms with Gasteiger partial charge in [-0.25, -0.2) is 4.79 Å². The van der Waals surface area contributed by atoms with Crippen LogP contribution >= 0.6 is 0 Å². The molecule has 2 aliphatic heterocycles. The molecule has 6 heteroatoms. The van der Waals surface area contributed by atoms with Crippen LogP contribution in [-0.2, 0) is 4.84 Å². The van der Waals surface area contributed by atoms with Crippen molar-refractivity contribution in [3.63, 3.8) is 0 Å². The second-order valence-electron chi connectivity index (χ2n) is 3.69. The van der Waals surface area contributed by atoms with Crippen molar-refractivity contribution in [1.29, 1.82) is 0 Å². The van der Waals surface area contributed by atoms with Gasteiger partial charge >= 0.3 is 11.9 Å². The van der Waals surface area contributed by atoms with E-state index in [2.05, 4.69) is 0 Å². The topological polar surface area (TPSA) is 70.1 Å².